The van der Waals surface area contributed by atoms with E-state index in [9.17, 15) is 4.79 Å². The van der Waals surface area contributed by atoms with Crippen molar-refractivity contribution >= 4 is 23.5 Å². The Kier molecular flexibility index (Phi) is 4.33. The summed E-state index contributed by atoms with van der Waals surface area (Å²) in [6.07, 6.45) is 3.08. The van der Waals surface area contributed by atoms with Crippen LogP contribution in [0.4, 0.5) is 5.95 Å². The van der Waals surface area contributed by atoms with Gasteiger partial charge in [-0.25, -0.2) is 9.97 Å². The van der Waals surface area contributed by atoms with E-state index in [2.05, 4.69) is 20.6 Å². The Balaban J connectivity index is 2.17. The molecule has 0 aromatic carbocycles. The summed E-state index contributed by atoms with van der Waals surface area (Å²) in [4.78, 5) is 22.2. The van der Waals surface area contributed by atoms with Crippen molar-refractivity contribution in [3.05, 3.63) is 17.4 Å². The van der Waals surface area contributed by atoms with Crippen LogP contribution < -0.4 is 15.5 Å². The standard InChI is InChI=1S/C11H16ClN5O/c1-2-14-10(18)9-7-13-3-4-17(9)11-15-5-8(12)6-16-11/h5-6,9,13H,2-4,7H2,1H3,(H,14,18). The largest absolute Gasteiger partial charge is 0.355 e. The predicted molar refractivity (Wildman–Crippen MR) is 69.7 cm³/mol. The van der Waals surface area contributed by atoms with Crippen molar-refractivity contribution in [2.75, 3.05) is 31.1 Å². The highest BCUT2D eigenvalue weighted by molar-refractivity contribution is 6.30. The van der Waals surface area contributed by atoms with E-state index in [1.54, 1.807) is 12.4 Å². The van der Waals surface area contributed by atoms with Gasteiger partial charge in [0.2, 0.25) is 11.9 Å². The Morgan fingerprint density at radius 1 is 1.61 bits per heavy atom. The lowest BCUT2D eigenvalue weighted by Crippen LogP contribution is -2.58. The number of halogens is 1. The van der Waals surface area contributed by atoms with Gasteiger partial charge < -0.3 is 15.5 Å². The lowest BCUT2D eigenvalue weighted by molar-refractivity contribution is -0.122. The molecule has 1 aromatic rings. The van der Waals surface area contributed by atoms with Gasteiger partial charge in [0.05, 0.1) is 17.4 Å². The fraction of sp³-hybridized carbons (Fsp3) is 0.545. The molecule has 1 aromatic heterocycles. The van der Waals surface area contributed by atoms with Crippen molar-refractivity contribution in [3.8, 4) is 0 Å². The Labute approximate surface area is 111 Å². The van der Waals surface area contributed by atoms with Gasteiger partial charge in [-0.2, -0.15) is 0 Å². The minimum Gasteiger partial charge on any atom is -0.355 e. The molecule has 1 saturated heterocycles. The molecule has 0 bridgehead atoms. The first-order valence-electron chi connectivity index (χ1n) is 5.95. The number of nitrogens with zero attached hydrogens (tertiary/aromatic N) is 3. The zero-order valence-electron chi connectivity index (χ0n) is 10.2. The average molecular weight is 270 g/mol. The van der Waals surface area contributed by atoms with Crippen molar-refractivity contribution in [1.29, 1.82) is 0 Å². The number of anilines is 1. The van der Waals surface area contributed by atoms with Gasteiger partial charge in [0.15, 0.2) is 0 Å². The number of hydrogen-bond acceptors (Lipinski definition) is 5. The molecule has 1 fully saturated rings. The summed E-state index contributed by atoms with van der Waals surface area (Å²) in [6.45, 7) is 4.62. The molecule has 1 amide bonds. The number of nitrogens with one attached hydrogen (secondary N) is 2. The number of hydrogen-bond donors (Lipinski definition) is 2. The van der Waals surface area contributed by atoms with Crippen LogP contribution in [-0.4, -0.2) is 48.1 Å². The molecular formula is C11H16ClN5O. The third-order valence-electron chi connectivity index (χ3n) is 2.76. The van der Waals surface area contributed by atoms with Crippen molar-refractivity contribution < 1.29 is 4.79 Å². The smallest absolute Gasteiger partial charge is 0.244 e. The van der Waals surface area contributed by atoms with E-state index in [0.717, 1.165) is 6.54 Å². The molecule has 7 heteroatoms. The Hall–Kier alpha value is -1.40. The molecule has 0 saturated carbocycles. The fourth-order valence-corrected chi connectivity index (χ4v) is 2.02. The van der Waals surface area contributed by atoms with Gasteiger partial charge in [-0.15, -0.1) is 0 Å². The van der Waals surface area contributed by atoms with Crippen LogP contribution in [0.15, 0.2) is 12.4 Å². The van der Waals surface area contributed by atoms with Crippen LogP contribution in [0.25, 0.3) is 0 Å². The summed E-state index contributed by atoms with van der Waals surface area (Å²) in [6, 6.07) is -0.278. The average Bonchev–Trinajstić information content (AvgIpc) is 2.40. The summed E-state index contributed by atoms with van der Waals surface area (Å²) < 4.78 is 0. The van der Waals surface area contributed by atoms with E-state index in [1.165, 1.54) is 0 Å². The van der Waals surface area contributed by atoms with E-state index < -0.39 is 0 Å². The van der Waals surface area contributed by atoms with Gasteiger partial charge in [0.1, 0.15) is 6.04 Å². The summed E-state index contributed by atoms with van der Waals surface area (Å²) in [5.41, 5.74) is 0. The molecule has 1 aliphatic heterocycles. The third-order valence-corrected chi connectivity index (χ3v) is 2.96. The molecular weight excluding hydrogens is 254 g/mol. The molecule has 2 heterocycles. The summed E-state index contributed by atoms with van der Waals surface area (Å²) in [5.74, 6) is 0.528. The zero-order chi connectivity index (χ0) is 13.0. The maximum atomic E-state index is 12.0. The first-order chi connectivity index (χ1) is 8.72. The molecule has 2 rings (SSSR count). The summed E-state index contributed by atoms with van der Waals surface area (Å²) >= 11 is 5.76. The number of piperazine rings is 1. The van der Waals surface area contributed by atoms with E-state index in [0.29, 0.717) is 30.6 Å². The van der Waals surface area contributed by atoms with Gasteiger partial charge >= 0.3 is 0 Å². The molecule has 1 aliphatic rings. The molecule has 18 heavy (non-hydrogen) atoms. The van der Waals surface area contributed by atoms with Crippen LogP contribution in [0.3, 0.4) is 0 Å². The molecule has 1 unspecified atom stereocenters. The monoisotopic (exact) mass is 269 g/mol. The predicted octanol–water partition coefficient (Wildman–Crippen LogP) is 0.0443. The number of amides is 1. The van der Waals surface area contributed by atoms with Crippen LogP contribution in [0.2, 0.25) is 5.02 Å². The van der Waals surface area contributed by atoms with Crippen LogP contribution in [0.1, 0.15) is 6.92 Å². The van der Waals surface area contributed by atoms with Gasteiger partial charge in [0.25, 0.3) is 0 Å². The minimum atomic E-state index is -0.278. The third kappa shape index (κ3) is 2.88. The highest BCUT2D eigenvalue weighted by Gasteiger charge is 2.29. The lowest BCUT2D eigenvalue weighted by Gasteiger charge is -2.34. The Bertz CT molecular complexity index is 410. The van der Waals surface area contributed by atoms with Crippen LogP contribution in [0, 0.1) is 0 Å². The Morgan fingerprint density at radius 2 is 2.33 bits per heavy atom. The van der Waals surface area contributed by atoms with E-state index in [-0.39, 0.29) is 11.9 Å². The van der Waals surface area contributed by atoms with Gasteiger partial charge in [-0.05, 0) is 6.92 Å². The molecule has 6 nitrogen and oxygen atoms in total. The summed E-state index contributed by atoms with van der Waals surface area (Å²) in [7, 11) is 0. The highest BCUT2D eigenvalue weighted by Crippen LogP contribution is 2.14. The molecule has 2 N–H and O–H groups in total. The first kappa shape index (κ1) is 13.0. The normalized spacial score (nSPS) is 19.7. The first-order valence-corrected chi connectivity index (χ1v) is 6.32. The van der Waals surface area contributed by atoms with Crippen molar-refractivity contribution in [2.24, 2.45) is 0 Å². The van der Waals surface area contributed by atoms with Crippen molar-refractivity contribution in [2.45, 2.75) is 13.0 Å². The highest BCUT2D eigenvalue weighted by atomic mass is 35.5. The topological polar surface area (TPSA) is 70.2 Å². The minimum absolute atomic E-state index is 0.0109. The van der Waals surface area contributed by atoms with E-state index >= 15 is 0 Å². The quantitative estimate of drug-likeness (QED) is 0.811. The number of likely N-dealkylation sites (N-methyl/N-ethyl adjacent to an activating group) is 1. The molecule has 0 spiro atoms. The van der Waals surface area contributed by atoms with Crippen molar-refractivity contribution in [3.63, 3.8) is 0 Å². The Morgan fingerprint density at radius 3 is 3.00 bits per heavy atom. The second-order valence-corrected chi connectivity index (χ2v) is 4.45. The van der Waals surface area contributed by atoms with Crippen molar-refractivity contribution in [1.82, 2.24) is 20.6 Å². The van der Waals surface area contributed by atoms with Gasteiger partial charge in [-0.1, -0.05) is 11.6 Å². The summed E-state index contributed by atoms with van der Waals surface area (Å²) in [5, 5.41) is 6.51. The second kappa shape index (κ2) is 5.97. The zero-order valence-corrected chi connectivity index (χ0v) is 10.9. The second-order valence-electron chi connectivity index (χ2n) is 4.01. The number of carbonyl (C=O) groups is 1. The van der Waals surface area contributed by atoms with Gasteiger partial charge in [0, 0.05) is 26.2 Å². The fourth-order valence-electron chi connectivity index (χ4n) is 1.92. The number of aromatic nitrogens is 2. The van der Waals surface area contributed by atoms with Gasteiger partial charge in [-0.3, -0.25) is 4.79 Å². The maximum absolute atomic E-state index is 12.0. The molecule has 0 radical (unpaired) electrons. The number of carbonyl (C=O) groups excluding carboxylic acids is 1. The van der Waals surface area contributed by atoms with Crippen LogP contribution in [-0.2, 0) is 4.79 Å². The van der Waals surface area contributed by atoms with E-state index in [1.807, 2.05) is 11.8 Å². The van der Waals surface area contributed by atoms with Crippen LogP contribution >= 0.6 is 11.6 Å². The SMILES string of the molecule is CCNC(=O)C1CNCCN1c1ncc(Cl)cn1. The molecule has 1 atom stereocenters. The maximum Gasteiger partial charge on any atom is 0.244 e. The van der Waals surface area contributed by atoms with Crippen LogP contribution in [0.5, 0.6) is 0 Å². The lowest BCUT2D eigenvalue weighted by atomic mass is 10.2. The van der Waals surface area contributed by atoms with E-state index in [4.69, 9.17) is 11.6 Å². The molecule has 0 aliphatic carbocycles. The molecule has 98 valence electrons. The number of rotatable bonds is 3.